The number of hydrogen-bond acceptors (Lipinski definition) is 6. The fraction of sp³-hybridized carbons (Fsp3) is 0.312. The minimum Gasteiger partial charge on any atom is -0.456 e. The number of benzene rings is 1. The van der Waals surface area contributed by atoms with E-state index in [2.05, 4.69) is 5.32 Å². The molecule has 1 amide bonds. The van der Waals surface area contributed by atoms with Crippen molar-refractivity contribution < 1.29 is 33.0 Å². The summed E-state index contributed by atoms with van der Waals surface area (Å²) in [4.78, 5) is 35.5. The SMILES string of the molecule is CCOC(=O)NC1=C(OC(C)=O)C(=O)C(C)(c2ccc(F)cc2)O1. The highest BCUT2D eigenvalue weighted by atomic mass is 19.1. The molecule has 1 aliphatic heterocycles. The lowest BCUT2D eigenvalue weighted by Crippen LogP contribution is -2.32. The van der Waals surface area contributed by atoms with Crippen LogP contribution in [0.4, 0.5) is 9.18 Å². The molecule has 0 saturated carbocycles. The molecule has 0 radical (unpaired) electrons. The molecule has 1 N–H and O–H groups in total. The molecule has 1 heterocycles. The summed E-state index contributed by atoms with van der Waals surface area (Å²) in [5, 5.41) is 2.23. The van der Waals surface area contributed by atoms with Crippen molar-refractivity contribution >= 4 is 17.8 Å². The van der Waals surface area contributed by atoms with Gasteiger partial charge in [0.1, 0.15) is 5.82 Å². The Kier molecular flexibility index (Phi) is 4.87. The molecule has 0 fully saturated rings. The number of hydrogen-bond donors (Lipinski definition) is 1. The molecule has 1 unspecified atom stereocenters. The Labute approximate surface area is 137 Å². The maximum atomic E-state index is 13.1. The molecule has 2 rings (SSSR count). The molecule has 1 aliphatic rings. The van der Waals surface area contributed by atoms with Gasteiger partial charge in [0, 0.05) is 12.5 Å². The minimum atomic E-state index is -1.58. The maximum Gasteiger partial charge on any atom is 0.414 e. The first-order chi connectivity index (χ1) is 11.3. The second-order valence-electron chi connectivity index (χ2n) is 5.07. The van der Waals surface area contributed by atoms with Gasteiger partial charge in [0.2, 0.25) is 11.6 Å². The second-order valence-corrected chi connectivity index (χ2v) is 5.07. The van der Waals surface area contributed by atoms with Crippen molar-refractivity contribution in [3.05, 3.63) is 47.3 Å². The summed E-state index contributed by atoms with van der Waals surface area (Å²) in [6.07, 6.45) is -0.867. The monoisotopic (exact) mass is 337 g/mol. The van der Waals surface area contributed by atoms with Crippen molar-refractivity contribution in [1.82, 2.24) is 5.32 Å². The van der Waals surface area contributed by atoms with Crippen molar-refractivity contribution in [2.75, 3.05) is 6.61 Å². The number of carbonyl (C=O) groups is 3. The number of alkyl carbamates (subject to hydrolysis) is 1. The van der Waals surface area contributed by atoms with Gasteiger partial charge in [0.05, 0.1) is 6.61 Å². The zero-order chi connectivity index (χ0) is 17.9. The number of halogens is 1. The van der Waals surface area contributed by atoms with E-state index >= 15 is 0 Å². The van der Waals surface area contributed by atoms with E-state index in [-0.39, 0.29) is 12.5 Å². The van der Waals surface area contributed by atoms with Crippen molar-refractivity contribution in [2.45, 2.75) is 26.4 Å². The predicted octanol–water partition coefficient (Wildman–Crippen LogP) is 2.12. The number of esters is 1. The summed E-state index contributed by atoms with van der Waals surface area (Å²) in [6, 6.07) is 5.07. The summed E-state index contributed by atoms with van der Waals surface area (Å²) in [5.74, 6) is -2.70. The summed E-state index contributed by atoms with van der Waals surface area (Å²) >= 11 is 0. The highest BCUT2D eigenvalue weighted by Gasteiger charge is 2.50. The standard InChI is InChI=1S/C16H16FNO6/c1-4-22-15(21)18-14-12(23-9(2)19)13(20)16(3,24-14)10-5-7-11(17)8-6-10/h5-8H,4H2,1-3H3,(H,18,21). The third kappa shape index (κ3) is 3.37. The van der Waals surface area contributed by atoms with Gasteiger partial charge >= 0.3 is 12.1 Å². The van der Waals surface area contributed by atoms with Gasteiger partial charge < -0.3 is 14.2 Å². The van der Waals surface area contributed by atoms with E-state index < -0.39 is 35.0 Å². The zero-order valence-electron chi connectivity index (χ0n) is 13.3. The van der Waals surface area contributed by atoms with Crippen molar-refractivity contribution in [3.63, 3.8) is 0 Å². The van der Waals surface area contributed by atoms with Gasteiger partial charge in [-0.2, -0.15) is 0 Å². The Balaban J connectivity index is 2.37. The Bertz CT molecular complexity index is 712. The lowest BCUT2D eigenvalue weighted by molar-refractivity contribution is -0.142. The van der Waals surface area contributed by atoms with Crippen LogP contribution in [0.15, 0.2) is 35.9 Å². The fourth-order valence-electron chi connectivity index (χ4n) is 2.15. The lowest BCUT2D eigenvalue weighted by atomic mass is 9.91. The van der Waals surface area contributed by atoms with Gasteiger partial charge in [0.25, 0.3) is 5.78 Å². The number of ketones is 1. The van der Waals surface area contributed by atoms with Crippen LogP contribution < -0.4 is 5.32 Å². The molecule has 1 aromatic carbocycles. The van der Waals surface area contributed by atoms with Crippen LogP contribution in [0.25, 0.3) is 0 Å². The maximum absolute atomic E-state index is 13.1. The van der Waals surface area contributed by atoms with E-state index in [1.807, 2.05) is 0 Å². The first kappa shape index (κ1) is 17.5. The average Bonchev–Trinajstić information content (AvgIpc) is 2.73. The second kappa shape index (κ2) is 6.69. The molecule has 0 aliphatic carbocycles. The Morgan fingerprint density at radius 1 is 1.29 bits per heavy atom. The molecule has 1 atom stereocenters. The third-order valence-corrected chi connectivity index (χ3v) is 3.28. The van der Waals surface area contributed by atoms with E-state index in [1.165, 1.54) is 31.2 Å². The highest BCUT2D eigenvalue weighted by Crippen LogP contribution is 2.38. The van der Waals surface area contributed by atoms with Crippen LogP contribution in [0.3, 0.4) is 0 Å². The fourth-order valence-corrected chi connectivity index (χ4v) is 2.15. The molecule has 0 spiro atoms. The van der Waals surface area contributed by atoms with Gasteiger partial charge in [-0.15, -0.1) is 0 Å². The third-order valence-electron chi connectivity index (χ3n) is 3.28. The summed E-state index contributed by atoms with van der Waals surface area (Å²) < 4.78 is 28.2. The van der Waals surface area contributed by atoms with E-state index in [9.17, 15) is 18.8 Å². The molecule has 1 aromatic rings. The van der Waals surface area contributed by atoms with Gasteiger partial charge in [-0.05, 0) is 26.0 Å². The van der Waals surface area contributed by atoms with Gasteiger partial charge in [-0.1, -0.05) is 12.1 Å². The quantitative estimate of drug-likeness (QED) is 0.846. The van der Waals surface area contributed by atoms with E-state index in [1.54, 1.807) is 6.92 Å². The van der Waals surface area contributed by atoms with Gasteiger partial charge in [-0.3, -0.25) is 14.9 Å². The Morgan fingerprint density at radius 3 is 2.46 bits per heavy atom. The predicted molar refractivity (Wildman–Crippen MR) is 78.8 cm³/mol. The van der Waals surface area contributed by atoms with Crippen LogP contribution in [0.2, 0.25) is 0 Å². The van der Waals surface area contributed by atoms with Crippen LogP contribution in [0, 0.1) is 5.82 Å². The number of ether oxygens (including phenoxy) is 3. The zero-order valence-corrected chi connectivity index (χ0v) is 13.3. The van der Waals surface area contributed by atoms with E-state index in [0.29, 0.717) is 5.56 Å². The average molecular weight is 337 g/mol. The number of Topliss-reactive ketones (excluding diaryl/α,β-unsaturated/α-hetero) is 1. The molecule has 8 heteroatoms. The van der Waals surface area contributed by atoms with Crippen LogP contribution in [-0.4, -0.2) is 24.5 Å². The summed E-state index contributed by atoms with van der Waals surface area (Å²) in [6.45, 7) is 4.23. The number of carbonyl (C=O) groups excluding carboxylic acids is 3. The molecule has 7 nitrogen and oxygen atoms in total. The largest absolute Gasteiger partial charge is 0.456 e. The van der Waals surface area contributed by atoms with Crippen molar-refractivity contribution in [2.24, 2.45) is 0 Å². The van der Waals surface area contributed by atoms with Crippen LogP contribution >= 0.6 is 0 Å². The number of amides is 1. The molecular formula is C16H16FNO6. The smallest absolute Gasteiger partial charge is 0.414 e. The normalized spacial score (nSPS) is 19.8. The van der Waals surface area contributed by atoms with Crippen LogP contribution in [0.5, 0.6) is 0 Å². The molecule has 128 valence electrons. The minimum absolute atomic E-state index is 0.102. The Morgan fingerprint density at radius 2 is 1.92 bits per heavy atom. The van der Waals surface area contributed by atoms with Crippen molar-refractivity contribution in [1.29, 1.82) is 0 Å². The lowest BCUT2D eigenvalue weighted by Gasteiger charge is -2.23. The van der Waals surface area contributed by atoms with E-state index in [4.69, 9.17) is 14.2 Å². The van der Waals surface area contributed by atoms with Crippen molar-refractivity contribution in [3.8, 4) is 0 Å². The van der Waals surface area contributed by atoms with Crippen LogP contribution in [-0.2, 0) is 29.4 Å². The molecule has 0 saturated heterocycles. The van der Waals surface area contributed by atoms with Gasteiger partial charge in [-0.25, -0.2) is 9.18 Å². The first-order valence-electron chi connectivity index (χ1n) is 7.14. The Hall–Kier alpha value is -2.90. The molecule has 0 aromatic heterocycles. The van der Waals surface area contributed by atoms with Gasteiger partial charge in [0.15, 0.2) is 5.60 Å². The molecule has 0 bridgehead atoms. The first-order valence-corrected chi connectivity index (χ1v) is 7.14. The highest BCUT2D eigenvalue weighted by molar-refractivity contribution is 6.04. The summed E-state index contributed by atoms with van der Waals surface area (Å²) in [5.41, 5.74) is -1.24. The topological polar surface area (TPSA) is 90.9 Å². The molecular weight excluding hydrogens is 321 g/mol. The summed E-state index contributed by atoms with van der Waals surface area (Å²) in [7, 11) is 0. The van der Waals surface area contributed by atoms with E-state index in [0.717, 1.165) is 6.92 Å². The molecule has 24 heavy (non-hydrogen) atoms. The number of rotatable bonds is 4. The van der Waals surface area contributed by atoms with Crippen LogP contribution in [0.1, 0.15) is 26.3 Å². The number of nitrogens with one attached hydrogen (secondary N) is 1.